The van der Waals surface area contributed by atoms with E-state index in [0.29, 0.717) is 0 Å². The predicted molar refractivity (Wildman–Crippen MR) is 62.2 cm³/mol. The number of benzene rings is 1. The zero-order valence-electron chi connectivity index (χ0n) is 9.66. The van der Waals surface area contributed by atoms with Crippen LogP contribution in [0.3, 0.4) is 0 Å². The number of hydrogen-bond donors (Lipinski definition) is 0. The highest BCUT2D eigenvalue weighted by molar-refractivity contribution is 5.22. The number of nitrogens with zero attached hydrogens (tertiary/aromatic N) is 1. The molecule has 0 aliphatic carbocycles. The minimum absolute atomic E-state index is 0.216. The first kappa shape index (κ1) is 11.4. The molecule has 0 saturated carbocycles. The molecule has 88 valence electrons. The van der Waals surface area contributed by atoms with Crippen molar-refractivity contribution in [1.29, 1.82) is 0 Å². The largest absolute Gasteiger partial charge is 0.489 e. The Labute approximate surface area is 96.0 Å². The van der Waals surface area contributed by atoms with Gasteiger partial charge in [0.25, 0.3) is 0 Å². The second-order valence-corrected chi connectivity index (χ2v) is 4.28. The Balaban J connectivity index is 1.84. The Bertz CT molecular complexity index is 325. The highest BCUT2D eigenvalue weighted by atomic mass is 19.1. The van der Waals surface area contributed by atoms with Crippen molar-refractivity contribution in [2.75, 3.05) is 19.6 Å². The fourth-order valence-electron chi connectivity index (χ4n) is 2.12. The molecule has 0 spiro atoms. The van der Waals surface area contributed by atoms with Gasteiger partial charge in [-0.05, 0) is 43.7 Å². The average Bonchev–Trinajstić information content (AvgIpc) is 2.70. The van der Waals surface area contributed by atoms with Crippen LogP contribution >= 0.6 is 0 Å². The Morgan fingerprint density at radius 3 is 2.81 bits per heavy atom. The molecule has 16 heavy (non-hydrogen) atoms. The Morgan fingerprint density at radius 1 is 1.38 bits per heavy atom. The summed E-state index contributed by atoms with van der Waals surface area (Å²) in [6.07, 6.45) is 2.51. The molecular weight excluding hydrogens is 205 g/mol. The van der Waals surface area contributed by atoms with Gasteiger partial charge in [0.2, 0.25) is 0 Å². The summed E-state index contributed by atoms with van der Waals surface area (Å²) in [6, 6.07) is 6.26. The van der Waals surface area contributed by atoms with E-state index < -0.39 is 0 Å². The molecule has 1 atom stereocenters. The van der Waals surface area contributed by atoms with Gasteiger partial charge in [0.05, 0.1) is 0 Å². The number of ether oxygens (including phenoxy) is 1. The Hall–Kier alpha value is -1.09. The van der Waals surface area contributed by atoms with Crippen LogP contribution in [0.1, 0.15) is 19.8 Å². The Kier molecular flexibility index (Phi) is 3.78. The van der Waals surface area contributed by atoms with Gasteiger partial charge >= 0.3 is 0 Å². The van der Waals surface area contributed by atoms with Crippen molar-refractivity contribution in [3.05, 3.63) is 30.1 Å². The summed E-state index contributed by atoms with van der Waals surface area (Å²) < 4.78 is 18.5. The van der Waals surface area contributed by atoms with E-state index >= 15 is 0 Å². The molecule has 0 radical (unpaired) electrons. The van der Waals surface area contributed by atoms with Gasteiger partial charge in [-0.3, -0.25) is 4.90 Å². The lowest BCUT2D eigenvalue weighted by molar-refractivity contribution is 0.200. The molecule has 1 aromatic carbocycles. The lowest BCUT2D eigenvalue weighted by atomic mass is 10.3. The molecule has 2 nitrogen and oxygen atoms in total. The zero-order valence-corrected chi connectivity index (χ0v) is 9.66. The quantitative estimate of drug-likeness (QED) is 0.778. The van der Waals surface area contributed by atoms with Gasteiger partial charge in [0.1, 0.15) is 17.7 Å². The van der Waals surface area contributed by atoms with Crippen LogP contribution in [0.5, 0.6) is 5.75 Å². The van der Waals surface area contributed by atoms with Crippen LogP contribution in [0.25, 0.3) is 0 Å². The summed E-state index contributed by atoms with van der Waals surface area (Å²) in [6.45, 7) is 5.43. The van der Waals surface area contributed by atoms with E-state index in [-0.39, 0.29) is 11.9 Å². The topological polar surface area (TPSA) is 12.5 Å². The summed E-state index contributed by atoms with van der Waals surface area (Å²) in [5, 5.41) is 0. The van der Waals surface area contributed by atoms with Crippen molar-refractivity contribution in [3.8, 4) is 5.75 Å². The molecule has 1 heterocycles. The third kappa shape index (κ3) is 2.95. The van der Waals surface area contributed by atoms with Gasteiger partial charge in [0, 0.05) is 13.1 Å². The first-order chi connectivity index (χ1) is 7.78. The van der Waals surface area contributed by atoms with Gasteiger partial charge in [-0.25, -0.2) is 4.39 Å². The molecule has 3 heteroatoms. The van der Waals surface area contributed by atoms with Gasteiger partial charge in [-0.2, -0.15) is 0 Å². The van der Waals surface area contributed by atoms with Gasteiger partial charge in [-0.15, -0.1) is 0 Å². The van der Waals surface area contributed by atoms with Crippen LogP contribution in [-0.4, -0.2) is 30.6 Å². The van der Waals surface area contributed by atoms with Crippen LogP contribution in [-0.2, 0) is 0 Å². The molecule has 0 aromatic heterocycles. The molecule has 1 aromatic rings. The van der Waals surface area contributed by atoms with Gasteiger partial charge in [-0.1, -0.05) is 6.92 Å². The van der Waals surface area contributed by atoms with Crippen molar-refractivity contribution in [3.63, 3.8) is 0 Å². The summed E-state index contributed by atoms with van der Waals surface area (Å²) in [5.74, 6) is 0.552. The first-order valence-corrected chi connectivity index (χ1v) is 5.92. The van der Waals surface area contributed by atoms with Crippen molar-refractivity contribution in [1.82, 2.24) is 4.90 Å². The monoisotopic (exact) mass is 223 g/mol. The minimum Gasteiger partial charge on any atom is -0.489 e. The number of halogens is 1. The van der Waals surface area contributed by atoms with Crippen molar-refractivity contribution in [2.24, 2.45) is 0 Å². The van der Waals surface area contributed by atoms with E-state index in [1.54, 1.807) is 12.1 Å². The third-order valence-corrected chi connectivity index (χ3v) is 2.89. The molecule has 0 amide bonds. The zero-order chi connectivity index (χ0) is 11.4. The summed E-state index contributed by atoms with van der Waals surface area (Å²) in [7, 11) is 0. The van der Waals surface area contributed by atoms with Crippen LogP contribution in [0.2, 0.25) is 0 Å². The molecule has 1 aliphatic rings. The predicted octanol–water partition coefficient (Wildman–Crippen LogP) is 2.69. The summed E-state index contributed by atoms with van der Waals surface area (Å²) >= 11 is 0. The number of hydrogen-bond acceptors (Lipinski definition) is 2. The lowest BCUT2D eigenvalue weighted by Gasteiger charge is -2.15. The molecule has 1 saturated heterocycles. The van der Waals surface area contributed by atoms with E-state index in [9.17, 15) is 4.39 Å². The average molecular weight is 223 g/mol. The van der Waals surface area contributed by atoms with Crippen LogP contribution < -0.4 is 4.74 Å². The van der Waals surface area contributed by atoms with E-state index in [0.717, 1.165) is 31.8 Å². The van der Waals surface area contributed by atoms with Crippen molar-refractivity contribution < 1.29 is 9.13 Å². The SMILES string of the molecule is CCCN1CCC(Oc2ccc(F)cc2)C1. The molecule has 1 unspecified atom stereocenters. The number of rotatable bonds is 4. The van der Waals surface area contributed by atoms with Gasteiger partial charge in [0.15, 0.2) is 0 Å². The van der Waals surface area contributed by atoms with Gasteiger partial charge < -0.3 is 4.74 Å². The second kappa shape index (κ2) is 5.30. The fourth-order valence-corrected chi connectivity index (χ4v) is 2.12. The van der Waals surface area contributed by atoms with E-state index in [4.69, 9.17) is 4.74 Å². The van der Waals surface area contributed by atoms with Crippen molar-refractivity contribution >= 4 is 0 Å². The van der Waals surface area contributed by atoms with E-state index in [2.05, 4.69) is 11.8 Å². The maximum atomic E-state index is 12.7. The Morgan fingerprint density at radius 2 is 2.12 bits per heavy atom. The maximum absolute atomic E-state index is 12.7. The molecule has 1 fully saturated rings. The maximum Gasteiger partial charge on any atom is 0.123 e. The van der Waals surface area contributed by atoms with Crippen LogP contribution in [0.15, 0.2) is 24.3 Å². The molecule has 0 bridgehead atoms. The van der Waals surface area contributed by atoms with E-state index in [1.165, 1.54) is 18.6 Å². The molecule has 0 N–H and O–H groups in total. The highest BCUT2D eigenvalue weighted by Gasteiger charge is 2.22. The van der Waals surface area contributed by atoms with Crippen molar-refractivity contribution in [2.45, 2.75) is 25.9 Å². The normalized spacial score (nSPS) is 21.2. The minimum atomic E-state index is -0.216. The lowest BCUT2D eigenvalue weighted by Crippen LogP contribution is -2.25. The molecule has 1 aliphatic heterocycles. The van der Waals surface area contributed by atoms with Crippen LogP contribution in [0.4, 0.5) is 4.39 Å². The fraction of sp³-hybridized carbons (Fsp3) is 0.538. The second-order valence-electron chi connectivity index (χ2n) is 4.28. The summed E-state index contributed by atoms with van der Waals surface area (Å²) in [4.78, 5) is 2.41. The first-order valence-electron chi connectivity index (χ1n) is 5.92. The molecular formula is C13H18FNO. The standard InChI is InChI=1S/C13H18FNO/c1-2-8-15-9-7-13(10-15)16-12-5-3-11(14)4-6-12/h3-6,13H,2,7-10H2,1H3. The van der Waals surface area contributed by atoms with E-state index in [1.807, 2.05) is 0 Å². The highest BCUT2D eigenvalue weighted by Crippen LogP contribution is 2.18. The third-order valence-electron chi connectivity index (χ3n) is 2.89. The van der Waals surface area contributed by atoms with Crippen LogP contribution in [0, 0.1) is 5.82 Å². The smallest absolute Gasteiger partial charge is 0.123 e. The molecule has 2 rings (SSSR count). The summed E-state index contributed by atoms with van der Waals surface area (Å²) in [5.41, 5.74) is 0. The number of likely N-dealkylation sites (tertiary alicyclic amines) is 1.